The molecule has 1 atom stereocenters. The average molecular weight is 274 g/mol. The van der Waals surface area contributed by atoms with E-state index in [0.717, 1.165) is 35.4 Å². The molecule has 1 saturated carbocycles. The van der Waals surface area contributed by atoms with E-state index in [9.17, 15) is 9.90 Å². The van der Waals surface area contributed by atoms with Gasteiger partial charge in [-0.2, -0.15) is 0 Å². The summed E-state index contributed by atoms with van der Waals surface area (Å²) < 4.78 is 0. The minimum atomic E-state index is -0.431. The molecule has 1 aliphatic rings. The molecule has 1 aromatic carbocycles. The standard InChI is InChI=1S/C16H22N2O2/c19-15(9-6-11-4-2-1-3-5-11)12-7-8-13-14(10-12)18-16(20)17-13/h7-8,10-11,15,19H,1-6,9H2,(H2,17,18,20). The summed E-state index contributed by atoms with van der Waals surface area (Å²) in [6.07, 6.45) is 8.17. The SMILES string of the molecule is O=c1[nH]c2ccc(C(O)CCC3CCCCC3)cc2[nH]1. The van der Waals surface area contributed by atoms with Crippen molar-refractivity contribution in [2.24, 2.45) is 5.92 Å². The summed E-state index contributed by atoms with van der Waals surface area (Å²) in [7, 11) is 0. The van der Waals surface area contributed by atoms with Gasteiger partial charge in [0.1, 0.15) is 0 Å². The van der Waals surface area contributed by atoms with E-state index in [0.29, 0.717) is 0 Å². The predicted octanol–water partition coefficient (Wildman–Crippen LogP) is 3.25. The van der Waals surface area contributed by atoms with E-state index >= 15 is 0 Å². The maximum Gasteiger partial charge on any atom is 0.323 e. The van der Waals surface area contributed by atoms with Crippen LogP contribution >= 0.6 is 0 Å². The van der Waals surface area contributed by atoms with Gasteiger partial charge in [0.05, 0.1) is 17.1 Å². The fraction of sp³-hybridized carbons (Fsp3) is 0.562. The number of hydrogen-bond acceptors (Lipinski definition) is 2. The smallest absolute Gasteiger partial charge is 0.323 e. The second-order valence-electron chi connectivity index (χ2n) is 5.98. The Kier molecular flexibility index (Phi) is 3.92. The molecule has 1 unspecified atom stereocenters. The van der Waals surface area contributed by atoms with Crippen LogP contribution in [-0.2, 0) is 0 Å². The number of aromatic amines is 2. The summed E-state index contributed by atoms with van der Waals surface area (Å²) >= 11 is 0. The van der Waals surface area contributed by atoms with Crippen LogP contribution in [0.3, 0.4) is 0 Å². The molecule has 0 spiro atoms. The highest BCUT2D eigenvalue weighted by Crippen LogP contribution is 2.30. The quantitative estimate of drug-likeness (QED) is 0.801. The Morgan fingerprint density at radius 2 is 1.90 bits per heavy atom. The molecule has 1 heterocycles. The van der Waals surface area contributed by atoms with Gasteiger partial charge in [0.2, 0.25) is 0 Å². The normalized spacial score (nSPS) is 18.4. The van der Waals surface area contributed by atoms with Crippen LogP contribution in [0.4, 0.5) is 0 Å². The Bertz CT molecular complexity index is 623. The fourth-order valence-electron chi connectivity index (χ4n) is 3.29. The largest absolute Gasteiger partial charge is 0.388 e. The number of fused-ring (bicyclic) bond motifs is 1. The zero-order chi connectivity index (χ0) is 13.9. The molecule has 3 rings (SSSR count). The van der Waals surface area contributed by atoms with Crippen LogP contribution in [0, 0.1) is 5.92 Å². The van der Waals surface area contributed by atoms with E-state index in [1.165, 1.54) is 32.1 Å². The molecule has 0 amide bonds. The lowest BCUT2D eigenvalue weighted by molar-refractivity contribution is 0.151. The Hall–Kier alpha value is -1.55. The maximum absolute atomic E-state index is 11.2. The number of rotatable bonds is 4. The maximum atomic E-state index is 11.2. The minimum absolute atomic E-state index is 0.200. The first-order valence-corrected chi connectivity index (χ1v) is 7.62. The summed E-state index contributed by atoms with van der Waals surface area (Å²) in [5, 5.41) is 10.3. The Labute approximate surface area is 118 Å². The van der Waals surface area contributed by atoms with E-state index in [1.807, 2.05) is 18.2 Å². The first-order chi connectivity index (χ1) is 9.72. The Morgan fingerprint density at radius 3 is 2.70 bits per heavy atom. The Balaban J connectivity index is 1.65. The van der Waals surface area contributed by atoms with Crippen LogP contribution in [0.2, 0.25) is 0 Å². The number of benzene rings is 1. The predicted molar refractivity (Wildman–Crippen MR) is 79.7 cm³/mol. The van der Waals surface area contributed by atoms with Crippen molar-refractivity contribution in [1.82, 2.24) is 9.97 Å². The summed E-state index contributed by atoms with van der Waals surface area (Å²) in [4.78, 5) is 16.7. The molecule has 1 fully saturated rings. The summed E-state index contributed by atoms with van der Waals surface area (Å²) in [5.74, 6) is 0.786. The van der Waals surface area contributed by atoms with Gasteiger partial charge in [-0.1, -0.05) is 38.2 Å². The highest BCUT2D eigenvalue weighted by Gasteiger charge is 2.16. The number of aromatic nitrogens is 2. The van der Waals surface area contributed by atoms with Gasteiger partial charge >= 0.3 is 5.69 Å². The highest BCUT2D eigenvalue weighted by molar-refractivity contribution is 5.75. The van der Waals surface area contributed by atoms with Gasteiger partial charge in [0.15, 0.2) is 0 Å². The molecular formula is C16H22N2O2. The molecule has 108 valence electrons. The topological polar surface area (TPSA) is 68.9 Å². The first kappa shape index (κ1) is 13.4. The second kappa shape index (κ2) is 5.83. The van der Waals surface area contributed by atoms with Crippen molar-refractivity contribution < 1.29 is 5.11 Å². The third-order valence-electron chi connectivity index (χ3n) is 4.50. The van der Waals surface area contributed by atoms with E-state index in [-0.39, 0.29) is 5.69 Å². The zero-order valence-electron chi connectivity index (χ0n) is 11.7. The van der Waals surface area contributed by atoms with Gasteiger partial charge in [-0.15, -0.1) is 0 Å². The number of aliphatic hydroxyl groups is 1. The van der Waals surface area contributed by atoms with E-state index in [4.69, 9.17) is 0 Å². The molecule has 4 heteroatoms. The average Bonchev–Trinajstić information content (AvgIpc) is 2.85. The molecule has 4 nitrogen and oxygen atoms in total. The van der Waals surface area contributed by atoms with Crippen molar-refractivity contribution in [3.05, 3.63) is 34.2 Å². The van der Waals surface area contributed by atoms with Gasteiger partial charge < -0.3 is 15.1 Å². The van der Waals surface area contributed by atoms with Crippen molar-refractivity contribution in [2.75, 3.05) is 0 Å². The van der Waals surface area contributed by atoms with Gasteiger partial charge in [0.25, 0.3) is 0 Å². The number of hydrogen-bond donors (Lipinski definition) is 3. The van der Waals surface area contributed by atoms with E-state index in [2.05, 4.69) is 9.97 Å². The van der Waals surface area contributed by atoms with Crippen molar-refractivity contribution in [2.45, 2.75) is 51.0 Å². The monoisotopic (exact) mass is 274 g/mol. The number of imidazole rings is 1. The third-order valence-corrected chi connectivity index (χ3v) is 4.50. The molecule has 3 N–H and O–H groups in total. The van der Waals surface area contributed by atoms with Crippen LogP contribution in [0.5, 0.6) is 0 Å². The van der Waals surface area contributed by atoms with Gasteiger partial charge in [-0.25, -0.2) is 4.79 Å². The lowest BCUT2D eigenvalue weighted by Gasteiger charge is -2.22. The highest BCUT2D eigenvalue weighted by atomic mass is 16.3. The number of aliphatic hydroxyl groups excluding tert-OH is 1. The third kappa shape index (κ3) is 2.96. The minimum Gasteiger partial charge on any atom is -0.388 e. The van der Waals surface area contributed by atoms with Crippen LogP contribution in [0.25, 0.3) is 11.0 Å². The molecule has 0 saturated heterocycles. The van der Waals surface area contributed by atoms with Crippen LogP contribution in [0.15, 0.2) is 23.0 Å². The molecule has 20 heavy (non-hydrogen) atoms. The van der Waals surface area contributed by atoms with Crippen molar-refractivity contribution >= 4 is 11.0 Å². The molecule has 1 aromatic heterocycles. The molecule has 0 radical (unpaired) electrons. The molecule has 1 aliphatic carbocycles. The van der Waals surface area contributed by atoms with E-state index in [1.54, 1.807) is 0 Å². The van der Waals surface area contributed by atoms with Gasteiger partial charge in [-0.05, 0) is 36.5 Å². The van der Waals surface area contributed by atoms with Crippen LogP contribution in [-0.4, -0.2) is 15.1 Å². The number of nitrogens with one attached hydrogen (secondary N) is 2. The summed E-state index contributed by atoms with van der Waals surface area (Å²) in [6, 6.07) is 5.63. The van der Waals surface area contributed by atoms with Crippen molar-refractivity contribution in [3.63, 3.8) is 0 Å². The molecular weight excluding hydrogens is 252 g/mol. The summed E-state index contributed by atoms with van der Waals surface area (Å²) in [6.45, 7) is 0. The molecule has 0 bridgehead atoms. The van der Waals surface area contributed by atoms with Gasteiger partial charge in [0, 0.05) is 0 Å². The van der Waals surface area contributed by atoms with Crippen LogP contribution < -0.4 is 5.69 Å². The summed E-state index contributed by atoms with van der Waals surface area (Å²) in [5.41, 5.74) is 2.25. The molecule has 0 aliphatic heterocycles. The second-order valence-corrected chi connectivity index (χ2v) is 5.98. The van der Waals surface area contributed by atoms with Gasteiger partial charge in [-0.3, -0.25) is 0 Å². The fourth-order valence-corrected chi connectivity index (χ4v) is 3.29. The molecule has 2 aromatic rings. The lowest BCUT2D eigenvalue weighted by Crippen LogP contribution is -2.08. The number of H-pyrrole nitrogens is 2. The van der Waals surface area contributed by atoms with Crippen molar-refractivity contribution in [1.29, 1.82) is 0 Å². The zero-order valence-corrected chi connectivity index (χ0v) is 11.7. The van der Waals surface area contributed by atoms with Crippen molar-refractivity contribution in [3.8, 4) is 0 Å². The van der Waals surface area contributed by atoms with Crippen LogP contribution in [0.1, 0.15) is 56.6 Å². The van der Waals surface area contributed by atoms with E-state index < -0.39 is 6.10 Å². The Morgan fingerprint density at radius 1 is 1.15 bits per heavy atom. The lowest BCUT2D eigenvalue weighted by atomic mass is 9.85. The first-order valence-electron chi connectivity index (χ1n) is 7.62.